The number of aromatic nitrogens is 3. The van der Waals surface area contributed by atoms with Gasteiger partial charge in [0.1, 0.15) is 11.5 Å². The van der Waals surface area contributed by atoms with Gasteiger partial charge in [-0.3, -0.25) is 9.78 Å². The second kappa shape index (κ2) is 5.64. The lowest BCUT2D eigenvalue weighted by Gasteiger charge is -2.06. The summed E-state index contributed by atoms with van der Waals surface area (Å²) in [7, 11) is 0. The van der Waals surface area contributed by atoms with E-state index in [9.17, 15) is 4.79 Å². The molecular formula is C14H15N5O. The molecule has 0 aliphatic heterocycles. The first kappa shape index (κ1) is 12.5. The summed E-state index contributed by atoms with van der Waals surface area (Å²) in [4.78, 5) is 24.2. The van der Waals surface area contributed by atoms with Gasteiger partial charge in [0, 0.05) is 25.0 Å². The van der Waals surface area contributed by atoms with Gasteiger partial charge in [0.15, 0.2) is 0 Å². The highest BCUT2D eigenvalue weighted by Gasteiger charge is 2.21. The molecule has 3 rings (SSSR count). The zero-order chi connectivity index (χ0) is 13.8. The quantitative estimate of drug-likeness (QED) is 0.857. The van der Waals surface area contributed by atoms with Crippen molar-refractivity contribution in [2.75, 3.05) is 5.32 Å². The highest BCUT2D eigenvalue weighted by atomic mass is 16.1. The zero-order valence-corrected chi connectivity index (χ0v) is 10.9. The van der Waals surface area contributed by atoms with Crippen molar-refractivity contribution < 1.29 is 4.79 Å². The molecule has 1 aliphatic rings. The number of carbonyl (C=O) groups is 1. The summed E-state index contributed by atoms with van der Waals surface area (Å²) in [6.07, 6.45) is 8.83. The average molecular weight is 269 g/mol. The predicted molar refractivity (Wildman–Crippen MR) is 74.1 cm³/mol. The third kappa shape index (κ3) is 3.28. The molecule has 20 heavy (non-hydrogen) atoms. The molecule has 1 amide bonds. The van der Waals surface area contributed by atoms with E-state index >= 15 is 0 Å². The van der Waals surface area contributed by atoms with Crippen LogP contribution in [0.1, 0.15) is 28.9 Å². The van der Waals surface area contributed by atoms with Gasteiger partial charge in [-0.2, -0.15) is 0 Å². The van der Waals surface area contributed by atoms with Crippen LogP contribution in [0.25, 0.3) is 0 Å². The van der Waals surface area contributed by atoms with Crippen molar-refractivity contribution in [2.24, 2.45) is 0 Å². The number of amides is 1. The summed E-state index contributed by atoms with van der Waals surface area (Å²) in [6.45, 7) is 0.450. The van der Waals surface area contributed by atoms with Gasteiger partial charge in [0.2, 0.25) is 0 Å². The first-order chi connectivity index (χ1) is 9.81. The van der Waals surface area contributed by atoms with Gasteiger partial charge in [0.25, 0.3) is 5.91 Å². The van der Waals surface area contributed by atoms with Crippen LogP contribution in [0, 0.1) is 0 Å². The molecule has 0 bridgehead atoms. The van der Waals surface area contributed by atoms with E-state index in [0.717, 1.165) is 11.4 Å². The Labute approximate surface area is 116 Å². The summed E-state index contributed by atoms with van der Waals surface area (Å²) in [5.74, 6) is 0.491. The number of rotatable bonds is 5. The van der Waals surface area contributed by atoms with Crippen LogP contribution in [-0.2, 0) is 6.54 Å². The number of hydrogen-bond donors (Lipinski definition) is 2. The predicted octanol–water partition coefficient (Wildman–Crippen LogP) is 1.38. The van der Waals surface area contributed by atoms with Crippen LogP contribution in [0.4, 0.5) is 5.82 Å². The standard InChI is InChI=1S/C14H15N5O/c20-14(18-7-10-3-5-15-6-4-10)12-8-17-13(9-16-12)19-11-1-2-11/h3-6,8-9,11H,1-2,7H2,(H,17,19)(H,18,20). The lowest BCUT2D eigenvalue weighted by Crippen LogP contribution is -2.24. The van der Waals surface area contributed by atoms with Crippen LogP contribution >= 0.6 is 0 Å². The lowest BCUT2D eigenvalue weighted by atomic mass is 10.2. The average Bonchev–Trinajstić information content (AvgIpc) is 3.31. The van der Waals surface area contributed by atoms with E-state index in [0.29, 0.717) is 18.3 Å². The molecular weight excluding hydrogens is 254 g/mol. The van der Waals surface area contributed by atoms with Crippen molar-refractivity contribution in [3.8, 4) is 0 Å². The van der Waals surface area contributed by atoms with Crippen LogP contribution in [0.5, 0.6) is 0 Å². The summed E-state index contributed by atoms with van der Waals surface area (Å²) in [6, 6.07) is 4.24. The number of pyridine rings is 1. The number of anilines is 1. The SMILES string of the molecule is O=C(NCc1ccncc1)c1cnc(NC2CC2)cn1. The molecule has 2 aromatic heterocycles. The van der Waals surface area contributed by atoms with Gasteiger partial charge in [-0.15, -0.1) is 0 Å². The first-order valence-corrected chi connectivity index (χ1v) is 6.57. The Morgan fingerprint density at radius 1 is 1.20 bits per heavy atom. The van der Waals surface area contributed by atoms with E-state index in [1.54, 1.807) is 18.6 Å². The number of carbonyl (C=O) groups excluding carboxylic acids is 1. The van der Waals surface area contributed by atoms with Crippen molar-refractivity contribution in [3.63, 3.8) is 0 Å². The maximum absolute atomic E-state index is 11.9. The second-order valence-electron chi connectivity index (χ2n) is 4.74. The maximum Gasteiger partial charge on any atom is 0.271 e. The smallest absolute Gasteiger partial charge is 0.271 e. The lowest BCUT2D eigenvalue weighted by molar-refractivity contribution is 0.0945. The van der Waals surface area contributed by atoms with E-state index in [1.165, 1.54) is 19.0 Å². The minimum Gasteiger partial charge on any atom is -0.366 e. The summed E-state index contributed by atoms with van der Waals surface area (Å²) in [5, 5.41) is 6.03. The second-order valence-corrected chi connectivity index (χ2v) is 4.74. The monoisotopic (exact) mass is 269 g/mol. The number of hydrogen-bond acceptors (Lipinski definition) is 5. The largest absolute Gasteiger partial charge is 0.366 e. The fourth-order valence-electron chi connectivity index (χ4n) is 1.73. The van der Waals surface area contributed by atoms with Gasteiger partial charge in [-0.1, -0.05) is 0 Å². The van der Waals surface area contributed by atoms with Crippen molar-refractivity contribution in [2.45, 2.75) is 25.4 Å². The molecule has 6 nitrogen and oxygen atoms in total. The summed E-state index contributed by atoms with van der Waals surface area (Å²) >= 11 is 0. The van der Waals surface area contributed by atoms with E-state index < -0.39 is 0 Å². The van der Waals surface area contributed by atoms with Crippen molar-refractivity contribution >= 4 is 11.7 Å². The minimum absolute atomic E-state index is 0.229. The highest BCUT2D eigenvalue weighted by molar-refractivity contribution is 5.91. The normalized spacial score (nSPS) is 13.8. The molecule has 1 saturated carbocycles. The number of nitrogens with zero attached hydrogens (tertiary/aromatic N) is 3. The topological polar surface area (TPSA) is 79.8 Å². The van der Waals surface area contributed by atoms with Crippen LogP contribution in [-0.4, -0.2) is 26.9 Å². The molecule has 0 aromatic carbocycles. The van der Waals surface area contributed by atoms with Crippen LogP contribution in [0.3, 0.4) is 0 Å². The van der Waals surface area contributed by atoms with Crippen LogP contribution in [0.15, 0.2) is 36.9 Å². The molecule has 2 aromatic rings. The Bertz CT molecular complexity index is 580. The molecule has 2 N–H and O–H groups in total. The molecule has 0 spiro atoms. The van der Waals surface area contributed by atoms with E-state index in [2.05, 4.69) is 25.6 Å². The Hall–Kier alpha value is -2.50. The molecule has 0 unspecified atom stereocenters. The van der Waals surface area contributed by atoms with Gasteiger partial charge in [-0.05, 0) is 30.5 Å². The molecule has 0 radical (unpaired) electrons. The molecule has 1 aliphatic carbocycles. The molecule has 6 heteroatoms. The Balaban J connectivity index is 1.56. The van der Waals surface area contributed by atoms with Gasteiger partial charge >= 0.3 is 0 Å². The number of nitrogens with one attached hydrogen (secondary N) is 2. The Morgan fingerprint density at radius 3 is 2.65 bits per heavy atom. The Morgan fingerprint density at radius 2 is 2.00 bits per heavy atom. The third-order valence-electron chi connectivity index (χ3n) is 3.02. The Kier molecular flexibility index (Phi) is 3.54. The maximum atomic E-state index is 11.9. The molecule has 102 valence electrons. The molecule has 0 atom stereocenters. The van der Waals surface area contributed by atoms with Crippen LogP contribution < -0.4 is 10.6 Å². The fourth-order valence-corrected chi connectivity index (χ4v) is 1.73. The summed E-state index contributed by atoms with van der Waals surface area (Å²) in [5.41, 5.74) is 1.31. The minimum atomic E-state index is -0.229. The van der Waals surface area contributed by atoms with Crippen molar-refractivity contribution in [3.05, 3.63) is 48.2 Å². The van der Waals surface area contributed by atoms with E-state index in [-0.39, 0.29) is 5.91 Å². The summed E-state index contributed by atoms with van der Waals surface area (Å²) < 4.78 is 0. The fraction of sp³-hybridized carbons (Fsp3) is 0.286. The first-order valence-electron chi connectivity index (χ1n) is 6.57. The van der Waals surface area contributed by atoms with Gasteiger partial charge in [0.05, 0.1) is 12.4 Å². The molecule has 1 fully saturated rings. The van der Waals surface area contributed by atoms with E-state index in [1.807, 2.05) is 12.1 Å². The van der Waals surface area contributed by atoms with E-state index in [4.69, 9.17) is 0 Å². The van der Waals surface area contributed by atoms with Crippen molar-refractivity contribution in [1.82, 2.24) is 20.3 Å². The molecule has 0 saturated heterocycles. The van der Waals surface area contributed by atoms with Gasteiger partial charge in [-0.25, -0.2) is 9.97 Å². The van der Waals surface area contributed by atoms with Crippen LogP contribution in [0.2, 0.25) is 0 Å². The third-order valence-corrected chi connectivity index (χ3v) is 3.02. The zero-order valence-electron chi connectivity index (χ0n) is 10.9. The molecule has 2 heterocycles. The van der Waals surface area contributed by atoms with Crippen molar-refractivity contribution in [1.29, 1.82) is 0 Å². The highest BCUT2D eigenvalue weighted by Crippen LogP contribution is 2.23. The van der Waals surface area contributed by atoms with Gasteiger partial charge < -0.3 is 10.6 Å².